The number of piperazine rings is 1. The largest absolute Gasteiger partial charge is 0.340 e. The van der Waals surface area contributed by atoms with Crippen molar-refractivity contribution in [1.82, 2.24) is 10.2 Å². The van der Waals surface area contributed by atoms with Crippen LogP contribution < -0.4 is 5.32 Å². The lowest BCUT2D eigenvalue weighted by Crippen LogP contribution is -2.69. The van der Waals surface area contributed by atoms with E-state index in [0.29, 0.717) is 19.4 Å². The molecule has 1 N–H and O–H groups in total. The molecule has 4 heteroatoms. The van der Waals surface area contributed by atoms with Gasteiger partial charge in [-0.2, -0.15) is 0 Å². The van der Waals surface area contributed by atoms with E-state index >= 15 is 0 Å². The average Bonchev–Trinajstić information content (AvgIpc) is 2.94. The molecule has 0 aromatic heterocycles. The number of rotatable bonds is 5. The molecular formula is C16H26N2O2. The molecule has 2 aliphatic rings. The monoisotopic (exact) mass is 278 g/mol. The van der Waals surface area contributed by atoms with Crippen LogP contribution in [0, 0.1) is 0 Å². The maximum atomic E-state index is 12.7. The van der Waals surface area contributed by atoms with Crippen LogP contribution in [0.15, 0.2) is 11.6 Å². The fourth-order valence-electron chi connectivity index (χ4n) is 3.14. The minimum Gasteiger partial charge on any atom is -0.340 e. The highest BCUT2D eigenvalue weighted by Gasteiger charge is 2.45. The van der Waals surface area contributed by atoms with Crippen molar-refractivity contribution >= 4 is 11.8 Å². The highest BCUT2D eigenvalue weighted by molar-refractivity contribution is 5.99. The summed E-state index contributed by atoms with van der Waals surface area (Å²) in [7, 11) is 0. The van der Waals surface area contributed by atoms with Crippen molar-refractivity contribution in [1.29, 1.82) is 0 Å². The van der Waals surface area contributed by atoms with Crippen molar-refractivity contribution in [3.8, 4) is 0 Å². The van der Waals surface area contributed by atoms with Gasteiger partial charge in [-0.15, -0.1) is 0 Å². The summed E-state index contributed by atoms with van der Waals surface area (Å²) in [5.74, 6) is 0.0712. The van der Waals surface area contributed by atoms with Crippen LogP contribution in [0.25, 0.3) is 0 Å². The van der Waals surface area contributed by atoms with Crippen LogP contribution in [-0.4, -0.2) is 34.8 Å². The molecule has 1 saturated heterocycles. The normalized spacial score (nSPS) is 30.4. The van der Waals surface area contributed by atoms with Crippen LogP contribution in [0.4, 0.5) is 0 Å². The zero-order valence-corrected chi connectivity index (χ0v) is 12.9. The number of carbonyl (C=O) groups excluding carboxylic acids is 2. The standard InChI is InChI=1S/C16H26N2O2/c1-4-13-14(19)17-16(3,5-2)15(20)18(13)11-10-12-8-6-7-9-12/h8,13H,4-7,9-11H2,1-3H3,(H,17,19). The predicted octanol–water partition coefficient (Wildman–Crippen LogP) is 2.39. The summed E-state index contributed by atoms with van der Waals surface area (Å²) < 4.78 is 0. The first-order valence-corrected chi connectivity index (χ1v) is 7.83. The zero-order valence-electron chi connectivity index (χ0n) is 12.9. The molecule has 2 atom stereocenters. The van der Waals surface area contributed by atoms with Crippen LogP contribution in [0.2, 0.25) is 0 Å². The van der Waals surface area contributed by atoms with Gasteiger partial charge in [0.15, 0.2) is 0 Å². The van der Waals surface area contributed by atoms with Gasteiger partial charge in [0.05, 0.1) is 0 Å². The summed E-state index contributed by atoms with van der Waals surface area (Å²) in [4.78, 5) is 26.7. The van der Waals surface area contributed by atoms with Gasteiger partial charge in [0, 0.05) is 6.54 Å². The second-order valence-electron chi connectivity index (χ2n) is 6.10. The Morgan fingerprint density at radius 3 is 2.70 bits per heavy atom. The maximum absolute atomic E-state index is 12.7. The molecule has 1 fully saturated rings. The van der Waals surface area contributed by atoms with Crippen LogP contribution in [0.3, 0.4) is 0 Å². The summed E-state index contributed by atoms with van der Waals surface area (Å²) in [6.45, 7) is 6.42. The fourth-order valence-corrected chi connectivity index (χ4v) is 3.14. The molecule has 0 aromatic rings. The minimum atomic E-state index is -0.729. The van der Waals surface area contributed by atoms with Crippen LogP contribution >= 0.6 is 0 Å². The van der Waals surface area contributed by atoms with Gasteiger partial charge in [-0.05, 0) is 45.4 Å². The summed E-state index contributed by atoms with van der Waals surface area (Å²) in [5.41, 5.74) is 0.712. The second-order valence-corrected chi connectivity index (χ2v) is 6.10. The van der Waals surface area contributed by atoms with Crippen molar-refractivity contribution in [2.45, 2.75) is 70.9 Å². The number of nitrogens with zero attached hydrogens (tertiary/aromatic N) is 1. The molecule has 0 aromatic carbocycles. The topological polar surface area (TPSA) is 49.4 Å². The van der Waals surface area contributed by atoms with Gasteiger partial charge < -0.3 is 10.2 Å². The molecular weight excluding hydrogens is 252 g/mol. The SMILES string of the molecule is CCC1C(=O)NC(C)(CC)C(=O)N1CCC1=CCCC1. The summed E-state index contributed by atoms with van der Waals surface area (Å²) in [6.07, 6.45) is 8.05. The van der Waals surface area contributed by atoms with E-state index in [1.165, 1.54) is 12.0 Å². The van der Waals surface area contributed by atoms with Gasteiger partial charge in [0.2, 0.25) is 11.8 Å². The first-order valence-electron chi connectivity index (χ1n) is 7.83. The third-order valence-corrected chi connectivity index (χ3v) is 4.71. The first kappa shape index (κ1) is 15.1. The smallest absolute Gasteiger partial charge is 0.248 e. The van der Waals surface area contributed by atoms with Crippen molar-refractivity contribution < 1.29 is 9.59 Å². The van der Waals surface area contributed by atoms with E-state index in [-0.39, 0.29) is 17.9 Å². The fraction of sp³-hybridized carbons (Fsp3) is 0.750. The van der Waals surface area contributed by atoms with E-state index in [1.807, 2.05) is 25.7 Å². The Morgan fingerprint density at radius 2 is 2.15 bits per heavy atom. The molecule has 2 unspecified atom stereocenters. The molecule has 1 aliphatic carbocycles. The summed E-state index contributed by atoms with van der Waals surface area (Å²) in [6, 6.07) is -0.302. The molecule has 2 rings (SSSR count). The molecule has 0 radical (unpaired) electrons. The van der Waals surface area contributed by atoms with Gasteiger partial charge in [0.25, 0.3) is 0 Å². The Bertz CT molecular complexity index is 430. The molecule has 0 spiro atoms. The molecule has 0 saturated carbocycles. The van der Waals surface area contributed by atoms with E-state index < -0.39 is 5.54 Å². The first-order chi connectivity index (χ1) is 9.51. The molecule has 2 amide bonds. The van der Waals surface area contributed by atoms with E-state index in [2.05, 4.69) is 11.4 Å². The predicted molar refractivity (Wildman–Crippen MR) is 79.2 cm³/mol. The Balaban J connectivity index is 2.11. The van der Waals surface area contributed by atoms with E-state index in [9.17, 15) is 9.59 Å². The van der Waals surface area contributed by atoms with Gasteiger partial charge in [-0.25, -0.2) is 0 Å². The number of hydrogen-bond acceptors (Lipinski definition) is 2. The Hall–Kier alpha value is -1.32. The van der Waals surface area contributed by atoms with Crippen molar-refractivity contribution in [2.24, 2.45) is 0 Å². The van der Waals surface area contributed by atoms with E-state index in [0.717, 1.165) is 19.3 Å². The van der Waals surface area contributed by atoms with Crippen molar-refractivity contribution in [2.75, 3.05) is 6.54 Å². The second kappa shape index (κ2) is 5.98. The summed E-state index contributed by atoms with van der Waals surface area (Å²) in [5, 5.41) is 2.91. The number of nitrogens with one attached hydrogen (secondary N) is 1. The lowest BCUT2D eigenvalue weighted by molar-refractivity contribution is -0.154. The highest BCUT2D eigenvalue weighted by atomic mass is 16.2. The molecule has 1 aliphatic heterocycles. The van der Waals surface area contributed by atoms with Gasteiger partial charge >= 0.3 is 0 Å². The minimum absolute atomic E-state index is 0.00292. The van der Waals surface area contributed by atoms with Gasteiger partial charge in [-0.1, -0.05) is 25.5 Å². The Labute approximate surface area is 121 Å². The Morgan fingerprint density at radius 1 is 1.40 bits per heavy atom. The molecule has 20 heavy (non-hydrogen) atoms. The zero-order chi connectivity index (χ0) is 14.8. The van der Waals surface area contributed by atoms with Crippen molar-refractivity contribution in [3.63, 3.8) is 0 Å². The summed E-state index contributed by atoms with van der Waals surface area (Å²) >= 11 is 0. The number of allylic oxidation sites excluding steroid dienone is 1. The lowest BCUT2D eigenvalue weighted by atomic mass is 9.91. The number of amides is 2. The average molecular weight is 278 g/mol. The van der Waals surface area contributed by atoms with Crippen LogP contribution in [0.5, 0.6) is 0 Å². The maximum Gasteiger partial charge on any atom is 0.248 e. The van der Waals surface area contributed by atoms with E-state index in [4.69, 9.17) is 0 Å². The van der Waals surface area contributed by atoms with Gasteiger partial charge in [-0.3, -0.25) is 9.59 Å². The highest BCUT2D eigenvalue weighted by Crippen LogP contribution is 2.26. The number of carbonyl (C=O) groups is 2. The molecule has 1 heterocycles. The molecule has 112 valence electrons. The van der Waals surface area contributed by atoms with Crippen LogP contribution in [-0.2, 0) is 9.59 Å². The molecule has 0 bridgehead atoms. The Kier molecular flexibility index (Phi) is 4.51. The van der Waals surface area contributed by atoms with E-state index in [1.54, 1.807) is 0 Å². The third kappa shape index (κ3) is 2.74. The van der Waals surface area contributed by atoms with Gasteiger partial charge in [0.1, 0.15) is 11.6 Å². The quantitative estimate of drug-likeness (QED) is 0.785. The number of hydrogen-bond donors (Lipinski definition) is 1. The third-order valence-electron chi connectivity index (χ3n) is 4.71. The van der Waals surface area contributed by atoms with Crippen molar-refractivity contribution in [3.05, 3.63) is 11.6 Å². The lowest BCUT2D eigenvalue weighted by Gasteiger charge is -2.44. The molecule has 4 nitrogen and oxygen atoms in total. The van der Waals surface area contributed by atoms with Crippen LogP contribution in [0.1, 0.15) is 59.3 Å².